The van der Waals surface area contributed by atoms with Crippen LogP contribution < -0.4 is 5.73 Å². The van der Waals surface area contributed by atoms with Gasteiger partial charge < -0.3 is 10.6 Å². The van der Waals surface area contributed by atoms with Gasteiger partial charge in [-0.2, -0.15) is 11.8 Å². The highest BCUT2D eigenvalue weighted by molar-refractivity contribution is 7.98. The van der Waals surface area contributed by atoms with Gasteiger partial charge in [-0.15, -0.1) is 0 Å². The zero-order valence-electron chi connectivity index (χ0n) is 11.8. The average Bonchev–Trinajstić information content (AvgIpc) is 2.42. The SMILES string of the molecule is CCC(CSC)N(C)CCC(N)c1ccccc1. The van der Waals surface area contributed by atoms with Gasteiger partial charge in [-0.3, -0.25) is 0 Å². The summed E-state index contributed by atoms with van der Waals surface area (Å²) in [6, 6.07) is 11.2. The first-order valence-electron chi connectivity index (χ1n) is 6.68. The first kappa shape index (κ1) is 15.5. The lowest BCUT2D eigenvalue weighted by Crippen LogP contribution is -2.35. The largest absolute Gasteiger partial charge is 0.324 e. The lowest BCUT2D eigenvalue weighted by molar-refractivity contribution is 0.247. The van der Waals surface area contributed by atoms with E-state index in [0.29, 0.717) is 6.04 Å². The van der Waals surface area contributed by atoms with E-state index >= 15 is 0 Å². The van der Waals surface area contributed by atoms with Crippen LogP contribution in [-0.4, -0.2) is 36.5 Å². The van der Waals surface area contributed by atoms with E-state index in [1.807, 2.05) is 17.8 Å². The normalized spacial score (nSPS) is 14.7. The van der Waals surface area contributed by atoms with Gasteiger partial charge in [0, 0.05) is 17.8 Å². The molecule has 2 atom stereocenters. The third-order valence-electron chi connectivity index (χ3n) is 3.47. The highest BCUT2D eigenvalue weighted by atomic mass is 32.2. The van der Waals surface area contributed by atoms with Crippen LogP contribution in [0.1, 0.15) is 31.4 Å². The standard InChI is InChI=1S/C15H26N2S/c1-4-14(12-18-3)17(2)11-10-15(16)13-8-6-5-7-9-13/h5-9,14-15H,4,10-12,16H2,1-3H3. The fourth-order valence-corrected chi connectivity index (χ4v) is 3.02. The fraction of sp³-hybridized carbons (Fsp3) is 0.600. The van der Waals surface area contributed by atoms with Crippen molar-refractivity contribution >= 4 is 11.8 Å². The maximum absolute atomic E-state index is 6.23. The molecule has 102 valence electrons. The second kappa shape index (κ2) is 8.57. The summed E-state index contributed by atoms with van der Waals surface area (Å²) in [5.74, 6) is 1.20. The Kier molecular flexibility index (Phi) is 7.40. The van der Waals surface area contributed by atoms with Crippen molar-refractivity contribution in [3.8, 4) is 0 Å². The Balaban J connectivity index is 2.40. The van der Waals surface area contributed by atoms with Crippen molar-refractivity contribution < 1.29 is 0 Å². The van der Waals surface area contributed by atoms with Gasteiger partial charge in [-0.25, -0.2) is 0 Å². The van der Waals surface area contributed by atoms with Gasteiger partial charge in [-0.1, -0.05) is 37.3 Å². The molecule has 3 heteroatoms. The molecule has 1 aromatic rings. The van der Waals surface area contributed by atoms with Crippen molar-refractivity contribution in [2.75, 3.05) is 25.6 Å². The van der Waals surface area contributed by atoms with Crippen molar-refractivity contribution in [3.05, 3.63) is 35.9 Å². The van der Waals surface area contributed by atoms with Crippen LogP contribution in [0.5, 0.6) is 0 Å². The van der Waals surface area contributed by atoms with E-state index in [1.54, 1.807) is 0 Å². The molecule has 0 aliphatic carbocycles. The second-order valence-electron chi connectivity index (χ2n) is 4.80. The molecule has 18 heavy (non-hydrogen) atoms. The first-order chi connectivity index (χ1) is 8.69. The highest BCUT2D eigenvalue weighted by Crippen LogP contribution is 2.15. The molecule has 0 aliphatic rings. The maximum Gasteiger partial charge on any atom is 0.0307 e. The summed E-state index contributed by atoms with van der Waals surface area (Å²) >= 11 is 1.92. The Labute approximate surface area is 116 Å². The van der Waals surface area contributed by atoms with Gasteiger partial charge in [-0.05, 0) is 38.3 Å². The molecule has 2 N–H and O–H groups in total. The zero-order valence-corrected chi connectivity index (χ0v) is 12.6. The van der Waals surface area contributed by atoms with Crippen LogP contribution in [0.3, 0.4) is 0 Å². The van der Waals surface area contributed by atoms with Crippen molar-refractivity contribution in [2.45, 2.75) is 31.8 Å². The summed E-state index contributed by atoms with van der Waals surface area (Å²) in [5.41, 5.74) is 7.47. The smallest absolute Gasteiger partial charge is 0.0307 e. The molecule has 0 amide bonds. The van der Waals surface area contributed by atoms with Crippen molar-refractivity contribution in [1.82, 2.24) is 4.90 Å². The number of benzene rings is 1. The summed E-state index contributed by atoms with van der Waals surface area (Å²) in [6.45, 7) is 3.32. The first-order valence-corrected chi connectivity index (χ1v) is 8.08. The minimum absolute atomic E-state index is 0.153. The topological polar surface area (TPSA) is 29.3 Å². The second-order valence-corrected chi connectivity index (χ2v) is 5.71. The fourth-order valence-electron chi connectivity index (χ4n) is 2.14. The molecule has 0 saturated carbocycles. The van der Waals surface area contributed by atoms with E-state index in [-0.39, 0.29) is 6.04 Å². The van der Waals surface area contributed by atoms with Crippen LogP contribution in [0, 0.1) is 0 Å². The molecule has 0 fully saturated rings. The van der Waals surface area contributed by atoms with Crippen LogP contribution in [-0.2, 0) is 0 Å². The summed E-state index contributed by atoms with van der Waals surface area (Å²) in [4.78, 5) is 2.44. The van der Waals surface area contributed by atoms with Gasteiger partial charge in [0.05, 0.1) is 0 Å². The highest BCUT2D eigenvalue weighted by Gasteiger charge is 2.13. The lowest BCUT2D eigenvalue weighted by Gasteiger charge is -2.27. The lowest BCUT2D eigenvalue weighted by atomic mass is 10.0. The summed E-state index contributed by atoms with van der Waals surface area (Å²) < 4.78 is 0. The van der Waals surface area contributed by atoms with Gasteiger partial charge >= 0.3 is 0 Å². The van der Waals surface area contributed by atoms with Crippen molar-refractivity contribution in [3.63, 3.8) is 0 Å². The third-order valence-corrected chi connectivity index (χ3v) is 4.19. The van der Waals surface area contributed by atoms with Gasteiger partial charge in [0.25, 0.3) is 0 Å². The van der Waals surface area contributed by atoms with Crippen LogP contribution >= 0.6 is 11.8 Å². The van der Waals surface area contributed by atoms with Crippen LogP contribution in [0.15, 0.2) is 30.3 Å². The van der Waals surface area contributed by atoms with Crippen LogP contribution in [0.4, 0.5) is 0 Å². The number of nitrogens with two attached hydrogens (primary N) is 1. The molecule has 1 rings (SSSR count). The molecule has 0 aromatic heterocycles. The Bertz CT molecular complexity index is 316. The number of nitrogens with zero attached hydrogens (tertiary/aromatic N) is 1. The minimum Gasteiger partial charge on any atom is -0.324 e. The Morgan fingerprint density at radius 2 is 1.94 bits per heavy atom. The van der Waals surface area contributed by atoms with E-state index in [1.165, 1.54) is 17.7 Å². The number of rotatable bonds is 8. The molecular weight excluding hydrogens is 240 g/mol. The molecule has 0 spiro atoms. The molecule has 0 bridgehead atoms. The predicted molar refractivity (Wildman–Crippen MR) is 83.1 cm³/mol. The summed E-state index contributed by atoms with van der Waals surface area (Å²) in [5, 5.41) is 0. The molecule has 2 nitrogen and oxygen atoms in total. The molecule has 0 saturated heterocycles. The van der Waals surface area contributed by atoms with Gasteiger partial charge in [0.2, 0.25) is 0 Å². The molecule has 0 radical (unpaired) electrons. The summed E-state index contributed by atoms with van der Waals surface area (Å²) in [6.07, 6.45) is 4.40. The Morgan fingerprint density at radius 1 is 1.28 bits per heavy atom. The summed E-state index contributed by atoms with van der Waals surface area (Å²) in [7, 11) is 2.21. The molecule has 0 aliphatic heterocycles. The van der Waals surface area contributed by atoms with E-state index in [9.17, 15) is 0 Å². The van der Waals surface area contributed by atoms with Crippen LogP contribution in [0.25, 0.3) is 0 Å². The molecular formula is C15H26N2S. The third kappa shape index (κ3) is 5.01. The van der Waals surface area contributed by atoms with Crippen molar-refractivity contribution in [1.29, 1.82) is 0 Å². The Morgan fingerprint density at radius 3 is 2.50 bits per heavy atom. The van der Waals surface area contributed by atoms with E-state index < -0.39 is 0 Å². The molecule has 0 heterocycles. The van der Waals surface area contributed by atoms with E-state index in [4.69, 9.17) is 5.73 Å². The van der Waals surface area contributed by atoms with E-state index in [0.717, 1.165) is 13.0 Å². The average molecular weight is 266 g/mol. The minimum atomic E-state index is 0.153. The predicted octanol–water partition coefficient (Wildman–Crippen LogP) is 3.15. The van der Waals surface area contributed by atoms with E-state index in [2.05, 4.69) is 49.4 Å². The number of hydrogen-bond donors (Lipinski definition) is 1. The van der Waals surface area contributed by atoms with Crippen LogP contribution in [0.2, 0.25) is 0 Å². The Hall–Kier alpha value is -0.510. The molecule has 2 unspecified atom stereocenters. The van der Waals surface area contributed by atoms with Gasteiger partial charge in [0.15, 0.2) is 0 Å². The quantitative estimate of drug-likeness (QED) is 0.784. The monoisotopic (exact) mass is 266 g/mol. The van der Waals surface area contributed by atoms with Crippen molar-refractivity contribution in [2.24, 2.45) is 5.73 Å². The maximum atomic E-state index is 6.23. The number of hydrogen-bond acceptors (Lipinski definition) is 3. The zero-order chi connectivity index (χ0) is 13.4. The molecule has 1 aromatic carbocycles. The number of thioether (sulfide) groups is 1. The van der Waals surface area contributed by atoms with Gasteiger partial charge in [0.1, 0.15) is 0 Å².